The van der Waals surface area contributed by atoms with E-state index >= 15 is 0 Å². The van der Waals surface area contributed by atoms with Crippen LogP contribution in [-0.4, -0.2) is 5.78 Å². The predicted octanol–water partition coefficient (Wildman–Crippen LogP) is 4.92. The van der Waals surface area contributed by atoms with Gasteiger partial charge in [0.2, 0.25) is 0 Å². The van der Waals surface area contributed by atoms with Crippen LogP contribution in [0.5, 0.6) is 0 Å². The maximum Gasteiger partial charge on any atom is 0.140 e. The number of hydrogen-bond acceptors (Lipinski definition) is 1. The Balaban J connectivity index is 2.64. The summed E-state index contributed by atoms with van der Waals surface area (Å²) in [6.07, 6.45) is 4.47. The summed E-state index contributed by atoms with van der Waals surface area (Å²) in [5, 5.41) is 0. The second-order valence-corrected chi connectivity index (χ2v) is 5.49. The second-order valence-electron chi connectivity index (χ2n) is 4.64. The van der Waals surface area contributed by atoms with E-state index in [9.17, 15) is 9.18 Å². The lowest BCUT2D eigenvalue weighted by Gasteiger charge is -2.13. The van der Waals surface area contributed by atoms with Gasteiger partial charge in [-0.15, -0.1) is 0 Å². The summed E-state index contributed by atoms with van der Waals surface area (Å²) in [4.78, 5) is 12.1. The molecule has 0 fully saturated rings. The molecule has 1 unspecified atom stereocenters. The summed E-state index contributed by atoms with van der Waals surface area (Å²) in [7, 11) is 0. The van der Waals surface area contributed by atoms with Crippen LogP contribution >= 0.6 is 15.9 Å². The Morgan fingerprint density at radius 2 is 2.11 bits per heavy atom. The predicted molar refractivity (Wildman–Crippen MR) is 76.1 cm³/mol. The number of halogens is 2. The number of benzene rings is 1. The lowest BCUT2D eigenvalue weighted by Crippen LogP contribution is -2.16. The molecular formula is C15H20BrFO. The van der Waals surface area contributed by atoms with Crippen molar-refractivity contribution in [3.63, 3.8) is 0 Å². The van der Waals surface area contributed by atoms with E-state index < -0.39 is 0 Å². The summed E-state index contributed by atoms with van der Waals surface area (Å²) >= 11 is 3.15. The van der Waals surface area contributed by atoms with Crippen molar-refractivity contribution in [2.24, 2.45) is 5.92 Å². The monoisotopic (exact) mass is 314 g/mol. The van der Waals surface area contributed by atoms with Crippen molar-refractivity contribution in [1.29, 1.82) is 0 Å². The van der Waals surface area contributed by atoms with E-state index in [1.165, 1.54) is 6.07 Å². The topological polar surface area (TPSA) is 17.1 Å². The minimum absolute atomic E-state index is 0.147. The van der Waals surface area contributed by atoms with Gasteiger partial charge in [-0.3, -0.25) is 4.79 Å². The third-order valence-corrected chi connectivity index (χ3v) is 3.82. The molecule has 0 bridgehead atoms. The molecule has 3 heteroatoms. The Hall–Kier alpha value is -0.700. The van der Waals surface area contributed by atoms with Gasteiger partial charge in [-0.1, -0.05) is 32.8 Å². The Morgan fingerprint density at radius 3 is 2.67 bits per heavy atom. The molecule has 100 valence electrons. The molecule has 0 heterocycles. The maximum absolute atomic E-state index is 13.1. The van der Waals surface area contributed by atoms with E-state index in [2.05, 4.69) is 29.8 Å². The molecule has 0 saturated carbocycles. The van der Waals surface area contributed by atoms with E-state index in [1.807, 2.05) is 0 Å². The number of unbranched alkanes of at least 4 members (excludes halogenated alkanes) is 1. The van der Waals surface area contributed by atoms with Crippen LogP contribution in [0.15, 0.2) is 22.7 Å². The fraction of sp³-hybridized carbons (Fsp3) is 0.533. The Bertz CT molecular complexity index is 403. The van der Waals surface area contributed by atoms with Gasteiger partial charge < -0.3 is 0 Å². The molecule has 0 aliphatic rings. The molecule has 0 radical (unpaired) electrons. The molecule has 1 atom stereocenters. The number of hydrogen-bond donors (Lipinski definition) is 0. The van der Waals surface area contributed by atoms with Crippen molar-refractivity contribution in [2.75, 3.05) is 0 Å². The van der Waals surface area contributed by atoms with Crippen LogP contribution in [0.2, 0.25) is 0 Å². The van der Waals surface area contributed by atoms with Gasteiger partial charge in [-0.25, -0.2) is 4.39 Å². The van der Waals surface area contributed by atoms with Crippen LogP contribution in [0.3, 0.4) is 0 Å². The normalized spacial score (nSPS) is 12.4. The molecule has 1 rings (SSSR count). The van der Waals surface area contributed by atoms with E-state index in [0.717, 1.165) is 31.2 Å². The van der Waals surface area contributed by atoms with Crippen LogP contribution in [-0.2, 0) is 11.2 Å². The number of Topliss-reactive ketones (excluding diaryl/α,β-unsaturated/α-hetero) is 1. The molecule has 0 amide bonds. The Kier molecular flexibility index (Phi) is 6.55. The average molecular weight is 315 g/mol. The molecule has 0 saturated heterocycles. The molecule has 0 spiro atoms. The van der Waals surface area contributed by atoms with Crippen molar-refractivity contribution in [3.8, 4) is 0 Å². The molecule has 18 heavy (non-hydrogen) atoms. The highest BCUT2D eigenvalue weighted by atomic mass is 79.9. The zero-order valence-electron chi connectivity index (χ0n) is 11.0. The van der Waals surface area contributed by atoms with Gasteiger partial charge in [0.15, 0.2) is 0 Å². The number of rotatable bonds is 7. The van der Waals surface area contributed by atoms with Gasteiger partial charge >= 0.3 is 0 Å². The summed E-state index contributed by atoms with van der Waals surface area (Å²) in [5.74, 6) is 0.127. The quantitative estimate of drug-likeness (QED) is 0.698. The summed E-state index contributed by atoms with van der Waals surface area (Å²) in [6.45, 7) is 4.19. The molecular weight excluding hydrogens is 295 g/mol. The van der Waals surface area contributed by atoms with Crippen LogP contribution < -0.4 is 0 Å². The molecule has 0 N–H and O–H groups in total. The van der Waals surface area contributed by atoms with Crippen molar-refractivity contribution in [3.05, 3.63) is 34.1 Å². The smallest absolute Gasteiger partial charge is 0.140 e. The van der Waals surface area contributed by atoms with E-state index in [-0.39, 0.29) is 17.5 Å². The molecule has 0 aromatic heterocycles. The Labute approximate surface area is 117 Å². The lowest BCUT2D eigenvalue weighted by molar-refractivity contribution is -0.122. The minimum Gasteiger partial charge on any atom is -0.299 e. The number of ketones is 1. The van der Waals surface area contributed by atoms with Crippen LogP contribution in [0.1, 0.15) is 45.1 Å². The largest absolute Gasteiger partial charge is 0.299 e. The molecule has 0 aliphatic carbocycles. The highest BCUT2D eigenvalue weighted by Crippen LogP contribution is 2.20. The highest BCUT2D eigenvalue weighted by molar-refractivity contribution is 9.10. The molecule has 1 nitrogen and oxygen atoms in total. The number of carbonyl (C=O) groups excluding carboxylic acids is 1. The first-order chi connectivity index (χ1) is 8.58. The summed E-state index contributed by atoms with van der Waals surface area (Å²) in [6, 6.07) is 4.78. The highest BCUT2D eigenvalue weighted by Gasteiger charge is 2.16. The first-order valence-electron chi connectivity index (χ1n) is 6.55. The van der Waals surface area contributed by atoms with Gasteiger partial charge in [-0.2, -0.15) is 0 Å². The molecule has 0 aliphatic heterocycles. The van der Waals surface area contributed by atoms with Crippen molar-refractivity contribution < 1.29 is 9.18 Å². The van der Waals surface area contributed by atoms with E-state index in [0.29, 0.717) is 10.9 Å². The zero-order valence-corrected chi connectivity index (χ0v) is 12.6. The maximum atomic E-state index is 13.1. The third-order valence-electron chi connectivity index (χ3n) is 3.22. The van der Waals surface area contributed by atoms with Gasteiger partial charge in [0, 0.05) is 12.3 Å². The lowest BCUT2D eigenvalue weighted by atomic mass is 9.91. The fourth-order valence-corrected chi connectivity index (χ4v) is 2.46. The Morgan fingerprint density at radius 1 is 1.39 bits per heavy atom. The summed E-state index contributed by atoms with van der Waals surface area (Å²) < 4.78 is 13.5. The van der Waals surface area contributed by atoms with Gasteiger partial charge in [0.25, 0.3) is 0 Å². The van der Waals surface area contributed by atoms with E-state index in [1.54, 1.807) is 12.1 Å². The van der Waals surface area contributed by atoms with Crippen molar-refractivity contribution >= 4 is 21.7 Å². The van der Waals surface area contributed by atoms with Gasteiger partial charge in [0.1, 0.15) is 11.6 Å². The average Bonchev–Trinajstić information content (AvgIpc) is 2.35. The van der Waals surface area contributed by atoms with Crippen molar-refractivity contribution in [1.82, 2.24) is 0 Å². The third kappa shape index (κ3) is 4.52. The van der Waals surface area contributed by atoms with Crippen LogP contribution in [0.4, 0.5) is 4.39 Å². The van der Waals surface area contributed by atoms with Crippen LogP contribution in [0, 0.1) is 11.7 Å². The number of carbonyl (C=O) groups is 1. The second kappa shape index (κ2) is 7.67. The van der Waals surface area contributed by atoms with Crippen molar-refractivity contribution in [2.45, 2.75) is 46.0 Å². The SMILES string of the molecule is CCCCC(CC)C(=O)Cc1ccc(F)c(Br)c1. The van der Waals surface area contributed by atoms with Gasteiger partial charge in [0.05, 0.1) is 4.47 Å². The zero-order chi connectivity index (χ0) is 13.5. The first-order valence-corrected chi connectivity index (χ1v) is 7.34. The first kappa shape index (κ1) is 15.4. The van der Waals surface area contributed by atoms with Crippen LogP contribution in [0.25, 0.3) is 0 Å². The van der Waals surface area contributed by atoms with Gasteiger partial charge in [-0.05, 0) is 46.5 Å². The molecule has 1 aromatic rings. The standard InChI is InChI=1S/C15H20BrFO/c1-3-5-6-12(4-2)15(18)10-11-7-8-14(17)13(16)9-11/h7-9,12H,3-6,10H2,1-2H3. The minimum atomic E-state index is -0.288. The van der Waals surface area contributed by atoms with E-state index in [4.69, 9.17) is 0 Å². The molecule has 1 aromatic carbocycles. The fourth-order valence-electron chi connectivity index (χ4n) is 2.04. The summed E-state index contributed by atoms with van der Waals surface area (Å²) in [5.41, 5.74) is 0.878.